The Morgan fingerprint density at radius 2 is 2.19 bits per heavy atom. The fourth-order valence-electron chi connectivity index (χ4n) is 3.56. The molecule has 4 rings (SSSR count). The van der Waals surface area contributed by atoms with E-state index in [1.54, 1.807) is 12.4 Å². The van der Waals surface area contributed by atoms with Gasteiger partial charge < -0.3 is 15.0 Å². The zero-order valence-electron chi connectivity index (χ0n) is 14.2. The molecule has 0 unspecified atom stereocenters. The number of nitrogens with one attached hydrogen (secondary N) is 1. The van der Waals surface area contributed by atoms with E-state index < -0.39 is 11.9 Å². The Hall–Kier alpha value is -2.61. The van der Waals surface area contributed by atoms with Crippen molar-refractivity contribution in [2.24, 2.45) is 5.92 Å². The first-order valence-corrected chi connectivity index (χ1v) is 8.73. The molecular weight excluding hydrogens is 337 g/mol. The Bertz CT molecular complexity index is 758. The monoisotopic (exact) mass is 357 g/mol. The third-order valence-corrected chi connectivity index (χ3v) is 4.92. The Morgan fingerprint density at radius 1 is 1.35 bits per heavy atom. The summed E-state index contributed by atoms with van der Waals surface area (Å²) in [7, 11) is 0. The standard InChI is InChI=1S/C18H20FN5O2/c19-14-9-22-18(23-10-14)24-5-3-13-6-15(26-16(13)11-24)17(25)21-8-12-2-1-4-20-7-12/h1-2,4,7,9-10,13,15-16H,3,5-6,8,11H2,(H,21,25)/t13-,15+,16+/m1/s1. The lowest BCUT2D eigenvalue weighted by Crippen LogP contribution is -2.43. The second kappa shape index (κ2) is 7.33. The smallest absolute Gasteiger partial charge is 0.249 e. The molecule has 0 radical (unpaired) electrons. The number of carbonyl (C=O) groups is 1. The molecule has 7 nitrogen and oxygen atoms in total. The molecule has 2 aliphatic heterocycles. The number of nitrogens with zero attached hydrogens (tertiary/aromatic N) is 4. The average molecular weight is 357 g/mol. The largest absolute Gasteiger partial charge is 0.363 e. The second-order valence-corrected chi connectivity index (χ2v) is 6.67. The predicted molar refractivity (Wildman–Crippen MR) is 91.7 cm³/mol. The van der Waals surface area contributed by atoms with Crippen molar-refractivity contribution in [1.82, 2.24) is 20.3 Å². The fourth-order valence-corrected chi connectivity index (χ4v) is 3.56. The van der Waals surface area contributed by atoms with Crippen LogP contribution in [0.4, 0.5) is 10.3 Å². The summed E-state index contributed by atoms with van der Waals surface area (Å²) in [6, 6.07) is 3.76. The summed E-state index contributed by atoms with van der Waals surface area (Å²) in [5.74, 6) is 0.303. The number of hydrogen-bond acceptors (Lipinski definition) is 6. The van der Waals surface area contributed by atoms with Crippen molar-refractivity contribution in [3.63, 3.8) is 0 Å². The fraction of sp³-hybridized carbons (Fsp3) is 0.444. The molecule has 4 heterocycles. The van der Waals surface area contributed by atoms with Crippen LogP contribution in [0.5, 0.6) is 0 Å². The minimum Gasteiger partial charge on any atom is -0.363 e. The number of aromatic nitrogens is 3. The summed E-state index contributed by atoms with van der Waals surface area (Å²) < 4.78 is 19.0. The van der Waals surface area contributed by atoms with Gasteiger partial charge in [0.1, 0.15) is 6.10 Å². The molecule has 1 amide bonds. The molecule has 0 aromatic carbocycles. The number of rotatable bonds is 4. The van der Waals surface area contributed by atoms with E-state index in [4.69, 9.17) is 4.74 Å². The van der Waals surface area contributed by atoms with E-state index in [2.05, 4.69) is 20.3 Å². The Labute approximate surface area is 150 Å². The van der Waals surface area contributed by atoms with E-state index in [1.165, 1.54) is 12.4 Å². The van der Waals surface area contributed by atoms with Crippen LogP contribution in [0.25, 0.3) is 0 Å². The van der Waals surface area contributed by atoms with Crippen molar-refractivity contribution in [2.45, 2.75) is 31.6 Å². The number of carbonyl (C=O) groups excluding carboxylic acids is 1. The molecule has 2 saturated heterocycles. The van der Waals surface area contributed by atoms with E-state index in [0.29, 0.717) is 25.0 Å². The van der Waals surface area contributed by atoms with Crippen LogP contribution in [0.2, 0.25) is 0 Å². The van der Waals surface area contributed by atoms with Crippen LogP contribution in [-0.4, -0.2) is 46.2 Å². The van der Waals surface area contributed by atoms with Crippen molar-refractivity contribution in [3.8, 4) is 0 Å². The lowest BCUT2D eigenvalue weighted by molar-refractivity contribution is -0.132. The summed E-state index contributed by atoms with van der Waals surface area (Å²) in [6.45, 7) is 1.83. The summed E-state index contributed by atoms with van der Waals surface area (Å²) in [4.78, 5) is 26.5. The predicted octanol–water partition coefficient (Wildman–Crippen LogP) is 1.31. The van der Waals surface area contributed by atoms with Crippen molar-refractivity contribution < 1.29 is 13.9 Å². The lowest BCUT2D eigenvalue weighted by Gasteiger charge is -2.33. The molecule has 3 atom stereocenters. The highest BCUT2D eigenvalue weighted by Crippen LogP contribution is 2.34. The van der Waals surface area contributed by atoms with Gasteiger partial charge in [0.2, 0.25) is 11.9 Å². The maximum absolute atomic E-state index is 13.0. The van der Waals surface area contributed by atoms with Gasteiger partial charge in [-0.15, -0.1) is 0 Å². The molecule has 0 spiro atoms. The minimum atomic E-state index is -0.453. The third kappa shape index (κ3) is 3.65. The Balaban J connectivity index is 1.32. The van der Waals surface area contributed by atoms with Gasteiger partial charge in [-0.3, -0.25) is 9.78 Å². The number of ether oxygens (including phenoxy) is 1. The van der Waals surface area contributed by atoms with E-state index >= 15 is 0 Å². The van der Waals surface area contributed by atoms with Crippen molar-refractivity contribution in [2.75, 3.05) is 18.0 Å². The SMILES string of the molecule is O=C(NCc1cccnc1)[C@@H]1C[C@H]2CCN(c3ncc(F)cn3)C[C@@H]2O1. The summed E-state index contributed by atoms with van der Waals surface area (Å²) >= 11 is 0. The first-order chi connectivity index (χ1) is 12.7. The maximum atomic E-state index is 13.0. The summed E-state index contributed by atoms with van der Waals surface area (Å²) in [6.07, 6.45) is 6.92. The van der Waals surface area contributed by atoms with Crippen LogP contribution in [0.15, 0.2) is 36.9 Å². The molecule has 2 aliphatic rings. The van der Waals surface area contributed by atoms with Gasteiger partial charge in [-0.25, -0.2) is 14.4 Å². The van der Waals surface area contributed by atoms with Gasteiger partial charge in [-0.2, -0.15) is 0 Å². The lowest BCUT2D eigenvalue weighted by atomic mass is 9.92. The molecule has 136 valence electrons. The Kier molecular flexibility index (Phi) is 4.75. The molecule has 0 bridgehead atoms. The number of halogens is 1. The molecule has 2 aromatic heterocycles. The van der Waals surface area contributed by atoms with Gasteiger partial charge in [-0.05, 0) is 30.4 Å². The molecule has 1 N–H and O–H groups in total. The normalized spacial score (nSPS) is 25.0. The summed E-state index contributed by atoms with van der Waals surface area (Å²) in [5.41, 5.74) is 0.955. The summed E-state index contributed by atoms with van der Waals surface area (Å²) in [5, 5.41) is 2.92. The molecule has 0 aliphatic carbocycles. The highest BCUT2D eigenvalue weighted by Gasteiger charge is 2.42. The van der Waals surface area contributed by atoms with Crippen molar-refractivity contribution >= 4 is 11.9 Å². The highest BCUT2D eigenvalue weighted by molar-refractivity contribution is 5.81. The molecule has 2 fully saturated rings. The van der Waals surface area contributed by atoms with Crippen LogP contribution in [0.3, 0.4) is 0 Å². The first kappa shape index (κ1) is 16.8. The van der Waals surface area contributed by atoms with Gasteiger partial charge in [0.25, 0.3) is 0 Å². The number of pyridine rings is 1. The van der Waals surface area contributed by atoms with Crippen LogP contribution >= 0.6 is 0 Å². The van der Waals surface area contributed by atoms with Gasteiger partial charge in [-0.1, -0.05) is 6.07 Å². The number of fused-ring (bicyclic) bond motifs is 1. The molecule has 8 heteroatoms. The van der Waals surface area contributed by atoms with Crippen molar-refractivity contribution in [1.29, 1.82) is 0 Å². The van der Waals surface area contributed by atoms with Crippen LogP contribution < -0.4 is 10.2 Å². The van der Waals surface area contributed by atoms with Gasteiger partial charge >= 0.3 is 0 Å². The first-order valence-electron chi connectivity index (χ1n) is 8.73. The number of hydrogen-bond donors (Lipinski definition) is 1. The third-order valence-electron chi connectivity index (χ3n) is 4.92. The zero-order valence-corrected chi connectivity index (χ0v) is 14.2. The second-order valence-electron chi connectivity index (χ2n) is 6.67. The topological polar surface area (TPSA) is 80.2 Å². The van der Waals surface area contributed by atoms with Crippen LogP contribution in [0, 0.1) is 11.7 Å². The van der Waals surface area contributed by atoms with Crippen LogP contribution in [0.1, 0.15) is 18.4 Å². The molecule has 26 heavy (non-hydrogen) atoms. The molecule has 0 saturated carbocycles. The average Bonchev–Trinajstić information content (AvgIpc) is 3.11. The quantitative estimate of drug-likeness (QED) is 0.889. The maximum Gasteiger partial charge on any atom is 0.249 e. The van der Waals surface area contributed by atoms with E-state index in [9.17, 15) is 9.18 Å². The zero-order chi connectivity index (χ0) is 17.9. The molecule has 2 aromatic rings. The minimum absolute atomic E-state index is 0.0356. The molecular formula is C18H20FN5O2. The van der Waals surface area contributed by atoms with E-state index in [-0.39, 0.29) is 12.0 Å². The number of amides is 1. The van der Waals surface area contributed by atoms with Gasteiger partial charge in [0.15, 0.2) is 5.82 Å². The van der Waals surface area contributed by atoms with Gasteiger partial charge in [0, 0.05) is 32.0 Å². The van der Waals surface area contributed by atoms with E-state index in [1.807, 2.05) is 17.0 Å². The van der Waals surface area contributed by atoms with Crippen molar-refractivity contribution in [3.05, 3.63) is 48.3 Å². The Morgan fingerprint density at radius 3 is 2.96 bits per heavy atom. The van der Waals surface area contributed by atoms with Gasteiger partial charge in [0.05, 0.1) is 18.5 Å². The number of anilines is 1. The van der Waals surface area contributed by atoms with E-state index in [0.717, 1.165) is 24.9 Å². The van der Waals surface area contributed by atoms with Crippen LogP contribution in [-0.2, 0) is 16.1 Å². The highest BCUT2D eigenvalue weighted by atomic mass is 19.1. The number of piperidine rings is 1.